The molecule has 0 spiro atoms. The zero-order valence-electron chi connectivity index (χ0n) is 15.8. The van der Waals surface area contributed by atoms with Gasteiger partial charge in [0.25, 0.3) is 11.8 Å². The van der Waals surface area contributed by atoms with Crippen molar-refractivity contribution in [2.45, 2.75) is 19.1 Å². The molecule has 29 heavy (non-hydrogen) atoms. The van der Waals surface area contributed by atoms with Gasteiger partial charge in [-0.3, -0.25) is 15.0 Å². The lowest BCUT2D eigenvalue weighted by Gasteiger charge is -2.34. The Morgan fingerprint density at radius 2 is 1.86 bits per heavy atom. The predicted molar refractivity (Wildman–Crippen MR) is 113 cm³/mol. The Morgan fingerprint density at radius 3 is 2.45 bits per heavy atom. The van der Waals surface area contributed by atoms with Crippen LogP contribution in [-0.4, -0.2) is 48.1 Å². The molecule has 8 nitrogen and oxygen atoms in total. The number of aryl methyl sites for hydroxylation is 1. The number of morpholine rings is 1. The zero-order chi connectivity index (χ0) is 20.3. The van der Waals surface area contributed by atoms with E-state index in [1.54, 1.807) is 24.3 Å². The second-order valence-corrected chi connectivity index (χ2v) is 6.54. The number of carbonyl (C=O) groups excluding carboxylic acids is 2. The van der Waals surface area contributed by atoms with Gasteiger partial charge in [0, 0.05) is 23.5 Å². The quantitative estimate of drug-likeness (QED) is 0.431. The van der Waals surface area contributed by atoms with Crippen LogP contribution in [0.5, 0.6) is 0 Å². The number of amides is 2. The van der Waals surface area contributed by atoms with Gasteiger partial charge in [-0.05, 0) is 43.3 Å². The number of anilines is 2. The van der Waals surface area contributed by atoms with Crippen molar-refractivity contribution < 1.29 is 19.4 Å². The summed E-state index contributed by atoms with van der Waals surface area (Å²) >= 11 is 0. The van der Waals surface area contributed by atoms with E-state index in [0.717, 1.165) is 5.56 Å². The van der Waals surface area contributed by atoms with Gasteiger partial charge in [-0.1, -0.05) is 17.7 Å². The number of hydrogen-bond acceptors (Lipinski definition) is 5. The first-order valence-corrected chi connectivity index (χ1v) is 8.80. The second kappa shape index (κ2) is 9.51. The monoisotopic (exact) mass is 418 g/mol. The molecule has 0 bridgehead atoms. The number of aliphatic hydroxyl groups excluding tert-OH is 1. The van der Waals surface area contributed by atoms with Crippen LogP contribution in [0.15, 0.2) is 48.5 Å². The average molecular weight is 419 g/mol. The lowest BCUT2D eigenvalue weighted by Crippen LogP contribution is -2.55. The van der Waals surface area contributed by atoms with Gasteiger partial charge in [0.05, 0.1) is 6.61 Å². The average Bonchev–Trinajstić information content (AvgIpc) is 2.69. The minimum absolute atomic E-state index is 0. The molecule has 2 amide bonds. The number of benzene rings is 2. The number of nitrogen functional groups attached to an aromatic ring is 1. The molecule has 1 aliphatic rings. The summed E-state index contributed by atoms with van der Waals surface area (Å²) in [6, 6.07) is 13.7. The summed E-state index contributed by atoms with van der Waals surface area (Å²) < 4.78 is 5.39. The van der Waals surface area contributed by atoms with Crippen molar-refractivity contribution in [2.24, 2.45) is 5.73 Å². The molecule has 0 radical (unpaired) electrons. The van der Waals surface area contributed by atoms with Crippen molar-refractivity contribution in [2.75, 3.05) is 23.4 Å². The molecular formula is C20H23ClN4O4. The Kier molecular flexibility index (Phi) is 7.33. The fourth-order valence-corrected chi connectivity index (χ4v) is 2.90. The van der Waals surface area contributed by atoms with Crippen LogP contribution in [0.4, 0.5) is 11.4 Å². The third-order valence-corrected chi connectivity index (χ3v) is 4.49. The largest absolute Gasteiger partial charge is 0.384 e. The molecule has 2 atom stereocenters. The van der Waals surface area contributed by atoms with Crippen LogP contribution in [0.25, 0.3) is 0 Å². The van der Waals surface area contributed by atoms with Gasteiger partial charge in [0.15, 0.2) is 12.2 Å². The molecule has 3 rings (SSSR count). The van der Waals surface area contributed by atoms with Crippen molar-refractivity contribution in [3.8, 4) is 0 Å². The topological polar surface area (TPSA) is 129 Å². The van der Waals surface area contributed by atoms with Crippen molar-refractivity contribution in [1.29, 1.82) is 5.41 Å². The minimum Gasteiger partial charge on any atom is -0.384 e. The van der Waals surface area contributed by atoms with E-state index in [-0.39, 0.29) is 24.8 Å². The summed E-state index contributed by atoms with van der Waals surface area (Å²) in [5, 5.41) is 20.3. The van der Waals surface area contributed by atoms with E-state index in [4.69, 9.17) is 15.9 Å². The van der Waals surface area contributed by atoms with Gasteiger partial charge in [-0.25, -0.2) is 0 Å². The standard InChI is InChI=1S/C20H22N4O4.ClH/c1-12-2-8-15(9-3-12)24-10-11-28-17(20(24)27)16(25)19(26)23-14-6-4-13(5-7-14)18(21)22;/h2-9,16-17,25H,10-11H2,1H3,(H3,21,22)(H,23,26);1H/t16-,17-;/m1./s1. The number of ether oxygens (including phenoxy) is 1. The van der Waals surface area contributed by atoms with Crippen LogP contribution in [0.3, 0.4) is 0 Å². The zero-order valence-corrected chi connectivity index (χ0v) is 16.6. The summed E-state index contributed by atoms with van der Waals surface area (Å²) in [6.45, 7) is 2.51. The van der Waals surface area contributed by atoms with Crippen LogP contribution in [0, 0.1) is 12.3 Å². The lowest BCUT2D eigenvalue weighted by molar-refractivity contribution is -0.150. The van der Waals surface area contributed by atoms with Gasteiger partial charge in [0.1, 0.15) is 5.84 Å². The van der Waals surface area contributed by atoms with E-state index in [2.05, 4.69) is 5.32 Å². The Bertz CT molecular complexity index is 886. The number of hydrogen-bond donors (Lipinski definition) is 4. The smallest absolute Gasteiger partial charge is 0.259 e. The third-order valence-electron chi connectivity index (χ3n) is 4.49. The van der Waals surface area contributed by atoms with Crippen molar-refractivity contribution >= 4 is 41.4 Å². The van der Waals surface area contributed by atoms with Gasteiger partial charge < -0.3 is 25.8 Å². The molecule has 9 heteroatoms. The summed E-state index contributed by atoms with van der Waals surface area (Å²) in [4.78, 5) is 26.6. The third kappa shape index (κ3) is 5.11. The van der Waals surface area contributed by atoms with Crippen LogP contribution < -0.4 is 16.0 Å². The Labute approximate surface area is 174 Å². The molecule has 2 aromatic carbocycles. The fraction of sp³-hybridized carbons (Fsp3) is 0.250. The Morgan fingerprint density at radius 1 is 1.24 bits per heavy atom. The first-order valence-electron chi connectivity index (χ1n) is 8.80. The minimum atomic E-state index is -1.66. The molecule has 5 N–H and O–H groups in total. The van der Waals surface area contributed by atoms with Crippen LogP contribution in [0.2, 0.25) is 0 Å². The van der Waals surface area contributed by atoms with E-state index >= 15 is 0 Å². The molecule has 0 aromatic heterocycles. The number of nitrogens with two attached hydrogens (primary N) is 1. The highest BCUT2D eigenvalue weighted by Gasteiger charge is 2.39. The number of amidine groups is 1. The molecule has 2 aromatic rings. The highest BCUT2D eigenvalue weighted by Crippen LogP contribution is 2.21. The molecule has 1 heterocycles. The maximum Gasteiger partial charge on any atom is 0.259 e. The molecule has 0 aliphatic carbocycles. The second-order valence-electron chi connectivity index (χ2n) is 6.54. The maximum absolute atomic E-state index is 12.8. The molecule has 0 saturated carbocycles. The molecule has 1 saturated heterocycles. The summed E-state index contributed by atoms with van der Waals surface area (Å²) in [7, 11) is 0. The fourth-order valence-electron chi connectivity index (χ4n) is 2.90. The predicted octanol–water partition coefficient (Wildman–Crippen LogP) is 1.43. The van der Waals surface area contributed by atoms with Crippen LogP contribution in [-0.2, 0) is 14.3 Å². The van der Waals surface area contributed by atoms with E-state index in [1.165, 1.54) is 4.90 Å². The van der Waals surface area contributed by atoms with E-state index in [1.807, 2.05) is 31.2 Å². The van der Waals surface area contributed by atoms with E-state index in [9.17, 15) is 14.7 Å². The van der Waals surface area contributed by atoms with Gasteiger partial charge in [-0.15, -0.1) is 12.4 Å². The highest BCUT2D eigenvalue weighted by molar-refractivity contribution is 6.04. The Balaban J connectivity index is 0.00000300. The molecule has 0 unspecified atom stereocenters. The molecule has 154 valence electrons. The first-order chi connectivity index (χ1) is 13.4. The molecular weight excluding hydrogens is 396 g/mol. The first kappa shape index (κ1) is 22.4. The van der Waals surface area contributed by atoms with Gasteiger partial charge >= 0.3 is 0 Å². The Hall–Kier alpha value is -2.94. The van der Waals surface area contributed by atoms with Gasteiger partial charge in [-0.2, -0.15) is 0 Å². The number of carbonyl (C=O) groups is 2. The summed E-state index contributed by atoms with van der Waals surface area (Å²) in [6.07, 6.45) is -2.94. The number of rotatable bonds is 5. The summed E-state index contributed by atoms with van der Waals surface area (Å²) in [5.41, 5.74) is 8.07. The van der Waals surface area contributed by atoms with E-state index in [0.29, 0.717) is 23.5 Å². The maximum atomic E-state index is 12.8. The molecule has 1 fully saturated rings. The SMILES string of the molecule is Cc1ccc(N2CCO[C@H]([C@@H](O)C(=O)Nc3ccc(C(=N)N)cc3)C2=O)cc1.Cl. The normalized spacial score (nSPS) is 17.2. The van der Waals surface area contributed by atoms with Crippen molar-refractivity contribution in [3.63, 3.8) is 0 Å². The number of aliphatic hydroxyl groups is 1. The van der Waals surface area contributed by atoms with Crippen molar-refractivity contribution in [1.82, 2.24) is 0 Å². The number of nitrogens with one attached hydrogen (secondary N) is 2. The number of nitrogens with zero attached hydrogens (tertiary/aromatic N) is 1. The summed E-state index contributed by atoms with van der Waals surface area (Å²) in [5.74, 6) is -1.31. The lowest BCUT2D eigenvalue weighted by atomic mass is 10.1. The van der Waals surface area contributed by atoms with Crippen molar-refractivity contribution in [3.05, 3.63) is 59.7 Å². The van der Waals surface area contributed by atoms with Crippen LogP contribution in [0.1, 0.15) is 11.1 Å². The highest BCUT2D eigenvalue weighted by atomic mass is 35.5. The molecule has 1 aliphatic heterocycles. The number of halogens is 1. The van der Waals surface area contributed by atoms with E-state index < -0.39 is 24.0 Å². The van der Waals surface area contributed by atoms with Crippen LogP contribution >= 0.6 is 12.4 Å². The van der Waals surface area contributed by atoms with Gasteiger partial charge in [0.2, 0.25) is 0 Å².